The van der Waals surface area contributed by atoms with Gasteiger partial charge in [-0.25, -0.2) is 0 Å². The summed E-state index contributed by atoms with van der Waals surface area (Å²) >= 11 is 0. The maximum atomic E-state index is 5.58. The Bertz CT molecular complexity index is 341. The Hall–Kier alpha value is -0.760. The van der Waals surface area contributed by atoms with Crippen molar-refractivity contribution < 1.29 is 4.42 Å². The third-order valence-corrected chi connectivity index (χ3v) is 3.26. The van der Waals surface area contributed by atoms with Gasteiger partial charge in [-0.3, -0.25) is 0 Å². The van der Waals surface area contributed by atoms with Gasteiger partial charge in [0, 0.05) is 17.6 Å². The monoisotopic (exact) mass is 237 g/mol. The van der Waals surface area contributed by atoms with Crippen LogP contribution in [0.5, 0.6) is 0 Å². The van der Waals surface area contributed by atoms with Gasteiger partial charge in [0.1, 0.15) is 11.5 Å². The molecule has 0 aromatic carbocycles. The fourth-order valence-electron chi connectivity index (χ4n) is 2.26. The van der Waals surface area contributed by atoms with Crippen LogP contribution in [-0.4, -0.2) is 6.04 Å². The molecule has 0 amide bonds. The largest absolute Gasteiger partial charge is 0.466 e. The van der Waals surface area contributed by atoms with Crippen LogP contribution >= 0.6 is 0 Å². The summed E-state index contributed by atoms with van der Waals surface area (Å²) in [6.45, 7) is 13.1. The summed E-state index contributed by atoms with van der Waals surface area (Å²) in [5.41, 5.74) is 1.29. The van der Waals surface area contributed by atoms with E-state index in [-0.39, 0.29) is 0 Å². The third kappa shape index (κ3) is 4.55. The highest BCUT2D eigenvalue weighted by Crippen LogP contribution is 2.22. The number of rotatable bonds is 6. The van der Waals surface area contributed by atoms with Crippen molar-refractivity contribution in [3.05, 3.63) is 23.2 Å². The van der Waals surface area contributed by atoms with Crippen LogP contribution in [0.1, 0.15) is 63.7 Å². The molecule has 0 saturated carbocycles. The summed E-state index contributed by atoms with van der Waals surface area (Å²) in [6.07, 6.45) is 2.52. The number of nitrogens with one attached hydrogen (secondary N) is 1. The molecule has 0 fully saturated rings. The summed E-state index contributed by atoms with van der Waals surface area (Å²) in [5.74, 6) is 2.83. The molecule has 0 bridgehead atoms. The van der Waals surface area contributed by atoms with Crippen molar-refractivity contribution >= 4 is 0 Å². The molecule has 2 heteroatoms. The van der Waals surface area contributed by atoms with Crippen LogP contribution in [0.15, 0.2) is 10.5 Å². The Balaban J connectivity index is 2.48. The van der Waals surface area contributed by atoms with Crippen LogP contribution in [0, 0.1) is 19.8 Å². The Morgan fingerprint density at radius 3 is 2.24 bits per heavy atom. The number of furan rings is 1. The van der Waals surface area contributed by atoms with Crippen LogP contribution in [0.4, 0.5) is 0 Å². The maximum Gasteiger partial charge on any atom is 0.105 e. The van der Waals surface area contributed by atoms with Gasteiger partial charge in [0.25, 0.3) is 0 Å². The molecule has 98 valence electrons. The van der Waals surface area contributed by atoms with Gasteiger partial charge in [-0.05, 0) is 52.5 Å². The standard InChI is InChI=1S/C15H27NO/c1-10(2)7-8-11(3)16-13(5)15-9-12(4)17-14(15)6/h9-11,13,16H,7-8H2,1-6H3. The average Bonchev–Trinajstić information content (AvgIpc) is 2.55. The van der Waals surface area contributed by atoms with Crippen molar-refractivity contribution in [1.82, 2.24) is 5.32 Å². The highest BCUT2D eigenvalue weighted by atomic mass is 16.3. The minimum atomic E-state index is 0.370. The molecule has 2 nitrogen and oxygen atoms in total. The van der Waals surface area contributed by atoms with E-state index in [9.17, 15) is 0 Å². The SMILES string of the molecule is Cc1cc(C(C)NC(C)CCC(C)C)c(C)o1. The molecule has 0 spiro atoms. The lowest BCUT2D eigenvalue weighted by atomic mass is 10.0. The van der Waals surface area contributed by atoms with E-state index in [2.05, 4.69) is 39.1 Å². The van der Waals surface area contributed by atoms with E-state index < -0.39 is 0 Å². The van der Waals surface area contributed by atoms with Gasteiger partial charge in [0.05, 0.1) is 0 Å². The number of hydrogen-bond acceptors (Lipinski definition) is 2. The summed E-state index contributed by atoms with van der Waals surface area (Å²) in [6, 6.07) is 3.07. The Labute approximate surface area is 106 Å². The summed E-state index contributed by atoms with van der Waals surface area (Å²) in [7, 11) is 0. The second-order valence-corrected chi connectivity index (χ2v) is 5.63. The van der Waals surface area contributed by atoms with Gasteiger partial charge in [-0.2, -0.15) is 0 Å². The van der Waals surface area contributed by atoms with E-state index in [1.165, 1.54) is 18.4 Å². The van der Waals surface area contributed by atoms with Gasteiger partial charge in [0.15, 0.2) is 0 Å². The third-order valence-electron chi connectivity index (χ3n) is 3.26. The predicted octanol–water partition coefficient (Wildman–Crippen LogP) is 4.37. The summed E-state index contributed by atoms with van der Waals surface area (Å²) < 4.78 is 5.58. The molecule has 2 unspecified atom stereocenters. The number of hydrogen-bond donors (Lipinski definition) is 1. The molecule has 0 saturated heterocycles. The minimum Gasteiger partial charge on any atom is -0.466 e. The van der Waals surface area contributed by atoms with Crippen molar-refractivity contribution in [3.8, 4) is 0 Å². The first-order chi connectivity index (χ1) is 7.90. The second kappa shape index (κ2) is 6.25. The Kier molecular flexibility index (Phi) is 5.26. The molecular weight excluding hydrogens is 210 g/mol. The van der Waals surface area contributed by atoms with Gasteiger partial charge >= 0.3 is 0 Å². The molecule has 1 rings (SSSR count). The Morgan fingerprint density at radius 2 is 1.76 bits per heavy atom. The van der Waals surface area contributed by atoms with Crippen molar-refractivity contribution in [1.29, 1.82) is 0 Å². The van der Waals surface area contributed by atoms with Crippen LogP contribution in [0.3, 0.4) is 0 Å². The predicted molar refractivity (Wildman–Crippen MR) is 73.3 cm³/mol. The van der Waals surface area contributed by atoms with Crippen molar-refractivity contribution in [2.45, 2.75) is 66.5 Å². The van der Waals surface area contributed by atoms with Crippen LogP contribution in [0.2, 0.25) is 0 Å². The van der Waals surface area contributed by atoms with E-state index in [0.29, 0.717) is 12.1 Å². The van der Waals surface area contributed by atoms with Gasteiger partial charge in [0.2, 0.25) is 0 Å². The second-order valence-electron chi connectivity index (χ2n) is 5.63. The summed E-state index contributed by atoms with van der Waals surface area (Å²) in [4.78, 5) is 0. The van der Waals surface area contributed by atoms with E-state index in [1.807, 2.05) is 13.8 Å². The molecule has 17 heavy (non-hydrogen) atoms. The zero-order valence-electron chi connectivity index (χ0n) is 12.1. The topological polar surface area (TPSA) is 25.2 Å². The van der Waals surface area contributed by atoms with Crippen molar-refractivity contribution in [2.75, 3.05) is 0 Å². The minimum absolute atomic E-state index is 0.370. The lowest BCUT2D eigenvalue weighted by molar-refractivity contribution is 0.412. The van der Waals surface area contributed by atoms with Gasteiger partial charge < -0.3 is 9.73 Å². The lowest BCUT2D eigenvalue weighted by Gasteiger charge is -2.20. The fraction of sp³-hybridized carbons (Fsp3) is 0.733. The number of aryl methyl sites for hydroxylation is 2. The van der Waals surface area contributed by atoms with Crippen LogP contribution in [0.25, 0.3) is 0 Å². The molecular formula is C15H27NO. The molecule has 0 aliphatic heterocycles. The van der Waals surface area contributed by atoms with E-state index in [4.69, 9.17) is 4.42 Å². The maximum absolute atomic E-state index is 5.58. The Morgan fingerprint density at radius 1 is 1.12 bits per heavy atom. The van der Waals surface area contributed by atoms with Crippen LogP contribution in [-0.2, 0) is 0 Å². The van der Waals surface area contributed by atoms with Crippen molar-refractivity contribution in [3.63, 3.8) is 0 Å². The molecule has 0 aliphatic carbocycles. The highest BCUT2D eigenvalue weighted by Gasteiger charge is 2.14. The molecule has 0 radical (unpaired) electrons. The summed E-state index contributed by atoms with van der Waals surface area (Å²) in [5, 5.41) is 3.65. The first-order valence-electron chi connectivity index (χ1n) is 6.73. The average molecular weight is 237 g/mol. The molecule has 1 heterocycles. The first-order valence-corrected chi connectivity index (χ1v) is 6.73. The van der Waals surface area contributed by atoms with E-state index in [1.54, 1.807) is 0 Å². The quantitative estimate of drug-likeness (QED) is 0.794. The van der Waals surface area contributed by atoms with Crippen molar-refractivity contribution in [2.24, 2.45) is 5.92 Å². The smallest absolute Gasteiger partial charge is 0.105 e. The fourth-order valence-corrected chi connectivity index (χ4v) is 2.26. The molecule has 2 atom stereocenters. The molecule has 1 aromatic rings. The zero-order valence-corrected chi connectivity index (χ0v) is 12.1. The van der Waals surface area contributed by atoms with Gasteiger partial charge in [-0.1, -0.05) is 13.8 Å². The molecule has 1 aromatic heterocycles. The highest BCUT2D eigenvalue weighted by molar-refractivity contribution is 5.23. The van der Waals surface area contributed by atoms with Crippen LogP contribution < -0.4 is 5.32 Å². The first kappa shape index (κ1) is 14.3. The zero-order chi connectivity index (χ0) is 13.0. The van der Waals surface area contributed by atoms with Gasteiger partial charge in [-0.15, -0.1) is 0 Å². The lowest BCUT2D eigenvalue weighted by Crippen LogP contribution is -2.29. The molecule has 1 N–H and O–H groups in total. The van der Waals surface area contributed by atoms with E-state index >= 15 is 0 Å². The molecule has 0 aliphatic rings. The van der Waals surface area contributed by atoms with E-state index in [0.717, 1.165) is 17.4 Å². The normalized spacial score (nSPS) is 15.2.